The fourth-order valence-electron chi connectivity index (χ4n) is 4.59. The van der Waals surface area contributed by atoms with Crippen LogP contribution >= 0.6 is 12.4 Å². The molecule has 2 aliphatic rings. The Balaban J connectivity index is 0.00000240. The van der Waals surface area contributed by atoms with Crippen LogP contribution in [-0.2, 0) is 4.79 Å². The van der Waals surface area contributed by atoms with Crippen molar-refractivity contribution in [2.45, 2.75) is 57.2 Å². The molecular formula is C22H27ClFN3O2. The van der Waals surface area contributed by atoms with Gasteiger partial charge in [-0.15, -0.1) is 12.4 Å². The first-order chi connectivity index (χ1) is 13.5. The summed E-state index contributed by atoms with van der Waals surface area (Å²) in [5.74, 6) is 0.468. The second kappa shape index (κ2) is 8.67. The van der Waals surface area contributed by atoms with Gasteiger partial charge in [0.05, 0.1) is 12.3 Å². The maximum absolute atomic E-state index is 14.4. The number of pyridine rings is 1. The fourth-order valence-corrected chi connectivity index (χ4v) is 4.59. The van der Waals surface area contributed by atoms with Gasteiger partial charge >= 0.3 is 0 Å². The number of aromatic nitrogens is 1. The maximum atomic E-state index is 14.4. The van der Waals surface area contributed by atoms with Gasteiger partial charge in [0, 0.05) is 35.8 Å². The molecule has 29 heavy (non-hydrogen) atoms. The summed E-state index contributed by atoms with van der Waals surface area (Å²) >= 11 is 0. The van der Waals surface area contributed by atoms with Crippen LogP contribution in [0.25, 0.3) is 11.1 Å². The molecule has 1 unspecified atom stereocenters. The number of rotatable bonds is 4. The van der Waals surface area contributed by atoms with Gasteiger partial charge in [-0.3, -0.25) is 9.78 Å². The highest BCUT2D eigenvalue weighted by atomic mass is 35.5. The van der Waals surface area contributed by atoms with Crippen LogP contribution in [0.5, 0.6) is 5.75 Å². The molecule has 0 bridgehead atoms. The maximum Gasteiger partial charge on any atom is 0.222 e. The van der Waals surface area contributed by atoms with E-state index in [1.165, 1.54) is 6.07 Å². The second-order valence-corrected chi connectivity index (χ2v) is 7.91. The third kappa shape index (κ3) is 4.54. The summed E-state index contributed by atoms with van der Waals surface area (Å²) in [7, 11) is 0. The van der Waals surface area contributed by atoms with Crippen LogP contribution in [0.1, 0.15) is 51.3 Å². The molecule has 2 aliphatic heterocycles. The molecular weight excluding hydrogens is 393 g/mol. The van der Waals surface area contributed by atoms with E-state index in [4.69, 9.17) is 4.74 Å². The predicted octanol–water partition coefficient (Wildman–Crippen LogP) is 4.17. The summed E-state index contributed by atoms with van der Waals surface area (Å²) < 4.78 is 20.0. The van der Waals surface area contributed by atoms with E-state index in [0.717, 1.165) is 30.5 Å². The van der Waals surface area contributed by atoms with Crippen molar-refractivity contribution < 1.29 is 13.9 Å². The Morgan fingerprint density at radius 2 is 2.14 bits per heavy atom. The molecule has 156 valence electrons. The normalized spacial score (nSPS) is 26.1. The van der Waals surface area contributed by atoms with Crippen molar-refractivity contribution in [1.29, 1.82) is 0 Å². The van der Waals surface area contributed by atoms with E-state index in [9.17, 15) is 9.18 Å². The Bertz CT molecular complexity index is 894. The average Bonchev–Trinajstić information content (AvgIpc) is 3.05. The summed E-state index contributed by atoms with van der Waals surface area (Å²) in [6, 6.07) is 8.80. The average molecular weight is 420 g/mol. The number of benzene rings is 1. The first kappa shape index (κ1) is 21.5. The van der Waals surface area contributed by atoms with Crippen LogP contribution in [0, 0.1) is 5.82 Å². The number of nitrogens with one attached hydrogen (secondary N) is 2. The van der Waals surface area contributed by atoms with Crippen LogP contribution in [0.4, 0.5) is 4.39 Å². The Labute approximate surface area is 176 Å². The van der Waals surface area contributed by atoms with Crippen molar-refractivity contribution in [2.24, 2.45) is 0 Å². The molecule has 2 N–H and O–H groups in total. The molecule has 2 aromatic rings. The van der Waals surface area contributed by atoms with Crippen molar-refractivity contribution in [2.75, 3.05) is 6.61 Å². The highest BCUT2D eigenvalue weighted by Gasteiger charge is 2.44. The second-order valence-electron chi connectivity index (χ2n) is 7.91. The summed E-state index contributed by atoms with van der Waals surface area (Å²) in [5, 5.41) is 6.66. The lowest BCUT2D eigenvalue weighted by atomic mass is 9.83. The first-order valence-electron chi connectivity index (χ1n) is 9.94. The lowest BCUT2D eigenvalue weighted by Gasteiger charge is -2.37. The summed E-state index contributed by atoms with van der Waals surface area (Å²) in [5.41, 5.74) is 2.01. The molecule has 1 amide bonds. The first-order valence-corrected chi connectivity index (χ1v) is 9.94. The number of piperidine rings is 1. The monoisotopic (exact) mass is 419 g/mol. The van der Waals surface area contributed by atoms with Crippen molar-refractivity contribution >= 4 is 18.3 Å². The topological polar surface area (TPSA) is 63.2 Å². The number of amides is 1. The molecule has 5 nitrogen and oxygen atoms in total. The van der Waals surface area contributed by atoms with Gasteiger partial charge in [0.2, 0.25) is 5.91 Å². The molecule has 3 atom stereocenters. The lowest BCUT2D eigenvalue weighted by molar-refractivity contribution is -0.125. The quantitative estimate of drug-likeness (QED) is 0.780. The highest BCUT2D eigenvalue weighted by Crippen LogP contribution is 2.39. The van der Waals surface area contributed by atoms with Gasteiger partial charge < -0.3 is 15.4 Å². The zero-order valence-corrected chi connectivity index (χ0v) is 17.5. The number of hydrogen-bond donors (Lipinski definition) is 2. The van der Waals surface area contributed by atoms with E-state index >= 15 is 0 Å². The zero-order chi connectivity index (χ0) is 19.7. The van der Waals surface area contributed by atoms with Crippen LogP contribution in [0.15, 0.2) is 36.5 Å². The molecule has 0 saturated carbocycles. The molecule has 1 aromatic carbocycles. The number of carbonyl (C=O) groups excluding carboxylic acids is 1. The van der Waals surface area contributed by atoms with Crippen LogP contribution in [0.3, 0.4) is 0 Å². The third-order valence-electron chi connectivity index (χ3n) is 5.69. The lowest BCUT2D eigenvalue weighted by Crippen LogP contribution is -2.54. The Hall–Kier alpha value is -2.18. The summed E-state index contributed by atoms with van der Waals surface area (Å²) in [4.78, 5) is 16.6. The third-order valence-corrected chi connectivity index (χ3v) is 5.69. The molecule has 4 rings (SSSR count). The number of nitrogens with zero attached hydrogens (tertiary/aromatic N) is 1. The van der Waals surface area contributed by atoms with Gasteiger partial charge in [0.1, 0.15) is 11.6 Å². The Kier molecular flexibility index (Phi) is 6.44. The fraction of sp³-hybridized carbons (Fsp3) is 0.455. The minimum Gasteiger partial charge on any atom is -0.494 e. The molecule has 1 aromatic heterocycles. The number of halogens is 2. The SMILES string of the molecule is CCOc1ccc(F)c(-c2ccnc([C@@H]3CCC4(CC(=O)N[C@@H](C)C4)N3)c2)c1.Cl. The van der Waals surface area contributed by atoms with Crippen LogP contribution in [0.2, 0.25) is 0 Å². The molecule has 2 saturated heterocycles. The number of carbonyl (C=O) groups is 1. The van der Waals surface area contributed by atoms with E-state index in [1.54, 1.807) is 18.3 Å². The Morgan fingerprint density at radius 3 is 2.90 bits per heavy atom. The van der Waals surface area contributed by atoms with E-state index in [1.807, 2.05) is 26.0 Å². The minimum atomic E-state index is -0.283. The molecule has 1 spiro atoms. The Morgan fingerprint density at radius 1 is 1.31 bits per heavy atom. The van der Waals surface area contributed by atoms with Crippen molar-refractivity contribution in [1.82, 2.24) is 15.6 Å². The largest absolute Gasteiger partial charge is 0.494 e. The van der Waals surface area contributed by atoms with Gasteiger partial charge in [-0.25, -0.2) is 4.39 Å². The molecule has 2 fully saturated rings. The molecule has 7 heteroatoms. The van der Waals surface area contributed by atoms with E-state index in [0.29, 0.717) is 24.3 Å². The van der Waals surface area contributed by atoms with Gasteiger partial charge in [0.15, 0.2) is 0 Å². The van der Waals surface area contributed by atoms with Crippen LogP contribution in [-0.4, -0.2) is 29.1 Å². The van der Waals surface area contributed by atoms with Crippen LogP contribution < -0.4 is 15.4 Å². The van der Waals surface area contributed by atoms with Crippen molar-refractivity contribution in [3.05, 3.63) is 48.0 Å². The van der Waals surface area contributed by atoms with E-state index in [2.05, 4.69) is 15.6 Å². The van der Waals surface area contributed by atoms with Crippen molar-refractivity contribution in [3.63, 3.8) is 0 Å². The summed E-state index contributed by atoms with van der Waals surface area (Å²) in [6.45, 7) is 4.48. The highest BCUT2D eigenvalue weighted by molar-refractivity contribution is 5.85. The van der Waals surface area contributed by atoms with E-state index < -0.39 is 0 Å². The van der Waals surface area contributed by atoms with Gasteiger partial charge in [-0.05, 0) is 69.0 Å². The molecule has 0 radical (unpaired) electrons. The smallest absolute Gasteiger partial charge is 0.222 e. The van der Waals surface area contributed by atoms with Gasteiger partial charge in [-0.2, -0.15) is 0 Å². The minimum absolute atomic E-state index is 0. The van der Waals surface area contributed by atoms with Gasteiger partial charge in [-0.1, -0.05) is 0 Å². The van der Waals surface area contributed by atoms with Gasteiger partial charge in [0.25, 0.3) is 0 Å². The van der Waals surface area contributed by atoms with Crippen molar-refractivity contribution in [3.8, 4) is 16.9 Å². The zero-order valence-electron chi connectivity index (χ0n) is 16.7. The summed E-state index contributed by atoms with van der Waals surface area (Å²) in [6.07, 6.45) is 4.99. The molecule has 0 aliphatic carbocycles. The van der Waals surface area contributed by atoms with E-state index in [-0.39, 0.29) is 41.8 Å². The predicted molar refractivity (Wildman–Crippen MR) is 113 cm³/mol. The number of ether oxygens (including phenoxy) is 1. The molecule has 3 heterocycles. The standard InChI is InChI=1S/C22H26FN3O2.ClH/c1-3-28-16-4-5-18(23)17(11-16)15-7-9-24-20(10-15)19-6-8-22(26-19)12-14(2)25-21(27)13-22;/h4-5,7,9-11,14,19,26H,3,6,8,12-13H2,1-2H3,(H,25,27);1H/t14-,19-,22?;/m0./s1. The number of hydrogen-bond acceptors (Lipinski definition) is 4.